The molecule has 2 rings (SSSR count). The number of rotatable bonds is 5. The van der Waals surface area contributed by atoms with Crippen LogP contribution in [0.4, 0.5) is 0 Å². The molecular formula is C10H12BrN3O2S3. The first-order valence-corrected chi connectivity index (χ1v) is 9.28. The number of aryl methyl sites for hydroxylation is 1. The highest BCUT2D eigenvalue weighted by Gasteiger charge is 2.20. The van der Waals surface area contributed by atoms with Gasteiger partial charge in [0, 0.05) is 22.5 Å². The van der Waals surface area contributed by atoms with Gasteiger partial charge in [-0.2, -0.15) is 0 Å². The fraction of sp³-hybridized carbons (Fsp3) is 0.300. The van der Waals surface area contributed by atoms with Gasteiger partial charge in [0.1, 0.15) is 9.90 Å². The van der Waals surface area contributed by atoms with Gasteiger partial charge in [0.2, 0.25) is 10.0 Å². The van der Waals surface area contributed by atoms with E-state index in [1.54, 1.807) is 6.07 Å². The molecule has 0 spiro atoms. The number of nitrogens with one attached hydrogen (secondary N) is 1. The number of hydrogen-bond donors (Lipinski definition) is 2. The van der Waals surface area contributed by atoms with E-state index in [0.717, 1.165) is 15.6 Å². The van der Waals surface area contributed by atoms with E-state index in [9.17, 15) is 8.42 Å². The lowest BCUT2D eigenvalue weighted by Gasteiger charge is -2.03. The first kappa shape index (κ1) is 15.1. The van der Waals surface area contributed by atoms with Crippen LogP contribution in [0, 0.1) is 6.92 Å². The van der Waals surface area contributed by atoms with Crippen LogP contribution in [-0.4, -0.2) is 13.4 Å². The molecule has 19 heavy (non-hydrogen) atoms. The van der Waals surface area contributed by atoms with Crippen LogP contribution in [0.2, 0.25) is 0 Å². The molecule has 0 aliphatic rings. The fourth-order valence-electron chi connectivity index (χ4n) is 1.40. The number of aromatic nitrogens is 1. The summed E-state index contributed by atoms with van der Waals surface area (Å²) in [7, 11) is -3.54. The first-order chi connectivity index (χ1) is 8.92. The molecule has 0 saturated heterocycles. The van der Waals surface area contributed by atoms with Crippen LogP contribution in [-0.2, 0) is 23.1 Å². The molecule has 2 aromatic rings. The summed E-state index contributed by atoms with van der Waals surface area (Å²) in [6.45, 7) is 2.39. The Morgan fingerprint density at radius 1 is 1.53 bits per heavy atom. The molecule has 0 fully saturated rings. The minimum Gasteiger partial charge on any atom is -0.326 e. The standard InChI is InChI=1S/C10H12BrN3O2S3/c1-6-5-17-9(14-6)4-13-19(15,16)8-2-7(3-12)18-10(8)11/h2,5,13H,3-4,12H2,1H3. The Balaban J connectivity index is 2.15. The highest BCUT2D eigenvalue weighted by Crippen LogP contribution is 2.31. The van der Waals surface area contributed by atoms with E-state index in [0.29, 0.717) is 10.3 Å². The van der Waals surface area contributed by atoms with Gasteiger partial charge >= 0.3 is 0 Å². The highest BCUT2D eigenvalue weighted by atomic mass is 79.9. The Morgan fingerprint density at radius 3 is 2.79 bits per heavy atom. The molecular weight excluding hydrogens is 370 g/mol. The van der Waals surface area contributed by atoms with E-state index < -0.39 is 10.0 Å². The van der Waals surface area contributed by atoms with E-state index >= 15 is 0 Å². The lowest BCUT2D eigenvalue weighted by atomic mass is 10.5. The van der Waals surface area contributed by atoms with E-state index in [1.807, 2.05) is 12.3 Å². The first-order valence-electron chi connectivity index (χ1n) is 5.31. The van der Waals surface area contributed by atoms with Crippen molar-refractivity contribution in [3.05, 3.63) is 30.8 Å². The van der Waals surface area contributed by atoms with Crippen LogP contribution in [0.1, 0.15) is 15.6 Å². The third kappa shape index (κ3) is 3.61. The zero-order valence-electron chi connectivity index (χ0n) is 10.0. The molecule has 0 radical (unpaired) electrons. The number of sulfonamides is 1. The zero-order chi connectivity index (χ0) is 14.0. The Hall–Kier alpha value is -0.320. The Labute approximate surface area is 128 Å². The number of hydrogen-bond acceptors (Lipinski definition) is 6. The average molecular weight is 382 g/mol. The topological polar surface area (TPSA) is 85.1 Å². The third-order valence-electron chi connectivity index (χ3n) is 2.28. The molecule has 0 atom stereocenters. The summed E-state index contributed by atoms with van der Waals surface area (Å²) in [6.07, 6.45) is 0. The molecule has 0 saturated carbocycles. The van der Waals surface area contributed by atoms with Crippen molar-refractivity contribution in [2.45, 2.75) is 24.9 Å². The van der Waals surface area contributed by atoms with Gasteiger partial charge in [0.15, 0.2) is 0 Å². The van der Waals surface area contributed by atoms with Crippen molar-refractivity contribution in [2.75, 3.05) is 0 Å². The third-order valence-corrected chi connectivity index (χ3v) is 6.92. The van der Waals surface area contributed by atoms with Crippen LogP contribution in [0.5, 0.6) is 0 Å². The molecule has 0 aliphatic carbocycles. The molecule has 0 amide bonds. The van der Waals surface area contributed by atoms with Crippen LogP contribution in [0.25, 0.3) is 0 Å². The van der Waals surface area contributed by atoms with Crippen molar-refractivity contribution < 1.29 is 8.42 Å². The molecule has 0 aliphatic heterocycles. The molecule has 2 heterocycles. The number of nitrogens with zero attached hydrogens (tertiary/aromatic N) is 1. The normalized spacial score (nSPS) is 11.9. The predicted octanol–water partition coefficient (Wildman–Crippen LogP) is 2.21. The van der Waals surface area contributed by atoms with Crippen LogP contribution >= 0.6 is 38.6 Å². The largest absolute Gasteiger partial charge is 0.326 e. The van der Waals surface area contributed by atoms with Crippen molar-refractivity contribution in [1.29, 1.82) is 0 Å². The van der Waals surface area contributed by atoms with Gasteiger partial charge in [-0.15, -0.1) is 22.7 Å². The van der Waals surface area contributed by atoms with Crippen molar-refractivity contribution in [3.63, 3.8) is 0 Å². The van der Waals surface area contributed by atoms with Gasteiger partial charge < -0.3 is 5.73 Å². The predicted molar refractivity (Wildman–Crippen MR) is 80.8 cm³/mol. The van der Waals surface area contributed by atoms with E-state index in [1.165, 1.54) is 22.7 Å². The molecule has 3 N–H and O–H groups in total. The quantitative estimate of drug-likeness (QED) is 0.831. The average Bonchev–Trinajstić information content (AvgIpc) is 2.93. The number of thiazole rings is 1. The van der Waals surface area contributed by atoms with Gasteiger partial charge in [-0.3, -0.25) is 0 Å². The number of thiophene rings is 1. The minimum atomic E-state index is -3.54. The van der Waals surface area contributed by atoms with E-state index in [2.05, 4.69) is 25.6 Å². The maximum absolute atomic E-state index is 12.2. The SMILES string of the molecule is Cc1csc(CNS(=O)(=O)c2cc(CN)sc2Br)n1. The van der Waals surface area contributed by atoms with Gasteiger partial charge in [-0.05, 0) is 28.9 Å². The monoisotopic (exact) mass is 381 g/mol. The highest BCUT2D eigenvalue weighted by molar-refractivity contribution is 9.11. The maximum atomic E-state index is 12.2. The van der Waals surface area contributed by atoms with Crippen LogP contribution in [0.15, 0.2) is 20.1 Å². The molecule has 0 unspecified atom stereocenters. The summed E-state index contributed by atoms with van der Waals surface area (Å²) in [5.74, 6) is 0. The molecule has 104 valence electrons. The van der Waals surface area contributed by atoms with Crippen molar-refractivity contribution >= 4 is 48.6 Å². The summed E-state index contributed by atoms with van der Waals surface area (Å²) in [4.78, 5) is 5.26. The summed E-state index contributed by atoms with van der Waals surface area (Å²) in [6, 6.07) is 1.59. The molecule has 9 heteroatoms. The second kappa shape index (κ2) is 5.98. The van der Waals surface area contributed by atoms with Gasteiger partial charge in [-0.1, -0.05) is 0 Å². The number of nitrogens with two attached hydrogens (primary N) is 1. The van der Waals surface area contributed by atoms with Crippen molar-refractivity contribution in [3.8, 4) is 0 Å². The maximum Gasteiger partial charge on any atom is 0.242 e. The number of halogens is 1. The molecule has 0 bridgehead atoms. The lowest BCUT2D eigenvalue weighted by molar-refractivity contribution is 0.581. The zero-order valence-corrected chi connectivity index (χ0v) is 14.0. The molecule has 5 nitrogen and oxygen atoms in total. The van der Waals surface area contributed by atoms with Crippen molar-refractivity contribution in [1.82, 2.24) is 9.71 Å². The van der Waals surface area contributed by atoms with E-state index in [-0.39, 0.29) is 11.4 Å². The molecule has 0 aromatic carbocycles. The van der Waals surface area contributed by atoms with Crippen LogP contribution in [0.3, 0.4) is 0 Å². The Morgan fingerprint density at radius 2 is 2.26 bits per heavy atom. The second-order valence-corrected chi connectivity index (χ2v) is 8.89. The Kier molecular flexibility index (Phi) is 4.75. The summed E-state index contributed by atoms with van der Waals surface area (Å²) >= 11 is 6.01. The lowest BCUT2D eigenvalue weighted by Crippen LogP contribution is -2.23. The van der Waals surface area contributed by atoms with Crippen LogP contribution < -0.4 is 10.5 Å². The smallest absolute Gasteiger partial charge is 0.242 e. The summed E-state index contributed by atoms with van der Waals surface area (Å²) in [5.41, 5.74) is 6.40. The van der Waals surface area contributed by atoms with Crippen molar-refractivity contribution in [2.24, 2.45) is 5.73 Å². The van der Waals surface area contributed by atoms with Gasteiger partial charge in [0.05, 0.1) is 10.3 Å². The Bertz CT molecular complexity index is 678. The van der Waals surface area contributed by atoms with Gasteiger partial charge in [-0.25, -0.2) is 18.1 Å². The fourth-order valence-corrected chi connectivity index (χ4v) is 5.75. The minimum absolute atomic E-state index is 0.196. The summed E-state index contributed by atoms with van der Waals surface area (Å²) in [5, 5.41) is 2.63. The summed E-state index contributed by atoms with van der Waals surface area (Å²) < 4.78 is 27.4. The van der Waals surface area contributed by atoms with E-state index in [4.69, 9.17) is 5.73 Å². The van der Waals surface area contributed by atoms with Gasteiger partial charge in [0.25, 0.3) is 0 Å². The molecule has 2 aromatic heterocycles. The second-order valence-electron chi connectivity index (χ2n) is 3.76.